The minimum atomic E-state index is -0.894. The van der Waals surface area contributed by atoms with E-state index >= 15 is 0 Å². The van der Waals surface area contributed by atoms with Crippen LogP contribution < -0.4 is 0 Å². The number of ether oxygens (including phenoxy) is 1. The van der Waals surface area contributed by atoms with Gasteiger partial charge in [0.15, 0.2) is 0 Å². The zero-order valence-electron chi connectivity index (χ0n) is 11.5. The summed E-state index contributed by atoms with van der Waals surface area (Å²) in [5.74, 6) is -0.994. The van der Waals surface area contributed by atoms with Gasteiger partial charge in [0.2, 0.25) is 0 Å². The Hall–Kier alpha value is -1.30. The third-order valence-corrected chi connectivity index (χ3v) is 4.09. The second-order valence-electron chi connectivity index (χ2n) is 5.64. The second kappa shape index (κ2) is 5.77. The minimum absolute atomic E-state index is 0.0756. The molecule has 2 fully saturated rings. The first-order valence-electron chi connectivity index (χ1n) is 6.83. The standard InChI is InChI=1S/C13H22N2O4/c1-9-4-3-5-15(6-9)13(18)14(2)11-8-19-7-10(11)12(16)17/h9-11H,3-8H2,1-2H3,(H,16,17). The van der Waals surface area contributed by atoms with Crippen LogP contribution in [0.1, 0.15) is 19.8 Å². The van der Waals surface area contributed by atoms with Gasteiger partial charge < -0.3 is 19.6 Å². The fraction of sp³-hybridized carbons (Fsp3) is 0.846. The van der Waals surface area contributed by atoms with Gasteiger partial charge in [0.25, 0.3) is 0 Å². The van der Waals surface area contributed by atoms with Gasteiger partial charge in [-0.2, -0.15) is 0 Å². The fourth-order valence-corrected chi connectivity index (χ4v) is 2.89. The molecule has 108 valence electrons. The predicted molar refractivity (Wildman–Crippen MR) is 68.9 cm³/mol. The highest BCUT2D eigenvalue weighted by Crippen LogP contribution is 2.22. The zero-order valence-corrected chi connectivity index (χ0v) is 11.5. The molecule has 0 aromatic heterocycles. The average Bonchev–Trinajstić information content (AvgIpc) is 2.86. The maximum absolute atomic E-state index is 12.4. The largest absolute Gasteiger partial charge is 0.481 e. The van der Waals surface area contributed by atoms with Crippen LogP contribution in [0.2, 0.25) is 0 Å². The highest BCUT2D eigenvalue weighted by Gasteiger charge is 2.39. The van der Waals surface area contributed by atoms with Crippen molar-refractivity contribution in [1.29, 1.82) is 0 Å². The van der Waals surface area contributed by atoms with Gasteiger partial charge in [-0.15, -0.1) is 0 Å². The van der Waals surface area contributed by atoms with E-state index in [1.165, 1.54) is 0 Å². The van der Waals surface area contributed by atoms with Gasteiger partial charge in [-0.05, 0) is 18.8 Å². The monoisotopic (exact) mass is 270 g/mol. The lowest BCUT2D eigenvalue weighted by molar-refractivity contribution is -0.142. The summed E-state index contributed by atoms with van der Waals surface area (Å²) >= 11 is 0. The molecule has 0 aromatic carbocycles. The van der Waals surface area contributed by atoms with Crippen LogP contribution in [0, 0.1) is 11.8 Å². The van der Waals surface area contributed by atoms with E-state index in [2.05, 4.69) is 6.92 Å². The van der Waals surface area contributed by atoms with E-state index in [1.54, 1.807) is 11.9 Å². The molecule has 2 aliphatic rings. The van der Waals surface area contributed by atoms with E-state index in [1.807, 2.05) is 4.90 Å². The summed E-state index contributed by atoms with van der Waals surface area (Å²) < 4.78 is 5.22. The molecule has 2 saturated heterocycles. The van der Waals surface area contributed by atoms with E-state index in [0.29, 0.717) is 12.5 Å². The smallest absolute Gasteiger partial charge is 0.320 e. The van der Waals surface area contributed by atoms with Crippen LogP contribution in [-0.4, -0.2) is 66.3 Å². The molecule has 3 unspecified atom stereocenters. The van der Waals surface area contributed by atoms with Crippen LogP contribution in [0.15, 0.2) is 0 Å². The van der Waals surface area contributed by atoms with Gasteiger partial charge in [0.1, 0.15) is 5.92 Å². The highest BCUT2D eigenvalue weighted by atomic mass is 16.5. The Bertz CT molecular complexity index is 361. The average molecular weight is 270 g/mol. The number of carbonyl (C=O) groups is 2. The Morgan fingerprint density at radius 1 is 1.37 bits per heavy atom. The Kier molecular flexibility index (Phi) is 4.29. The number of carbonyl (C=O) groups excluding carboxylic acids is 1. The molecule has 6 nitrogen and oxygen atoms in total. The molecular formula is C13H22N2O4. The summed E-state index contributed by atoms with van der Waals surface area (Å²) in [5, 5.41) is 9.14. The molecule has 2 heterocycles. The molecule has 0 aliphatic carbocycles. The SMILES string of the molecule is CC1CCCN(C(=O)N(C)C2COCC2C(=O)O)C1. The van der Waals surface area contributed by atoms with Gasteiger partial charge in [0.05, 0.1) is 19.3 Å². The molecule has 0 aromatic rings. The predicted octanol–water partition coefficient (Wildman–Crippen LogP) is 0.870. The van der Waals surface area contributed by atoms with E-state index < -0.39 is 11.9 Å². The quantitative estimate of drug-likeness (QED) is 0.808. The molecular weight excluding hydrogens is 248 g/mol. The van der Waals surface area contributed by atoms with Gasteiger partial charge in [-0.25, -0.2) is 4.79 Å². The van der Waals surface area contributed by atoms with Crippen LogP contribution in [0.3, 0.4) is 0 Å². The molecule has 0 radical (unpaired) electrons. The number of piperidine rings is 1. The molecule has 2 amide bonds. The second-order valence-corrected chi connectivity index (χ2v) is 5.64. The number of nitrogens with zero attached hydrogens (tertiary/aromatic N) is 2. The highest BCUT2D eigenvalue weighted by molar-refractivity contribution is 5.77. The first kappa shape index (κ1) is 14.1. The molecule has 3 atom stereocenters. The summed E-state index contributed by atoms with van der Waals surface area (Å²) in [7, 11) is 1.68. The molecule has 0 saturated carbocycles. The van der Waals surface area contributed by atoms with Crippen molar-refractivity contribution in [1.82, 2.24) is 9.80 Å². The third-order valence-electron chi connectivity index (χ3n) is 4.09. The fourth-order valence-electron chi connectivity index (χ4n) is 2.89. The summed E-state index contributed by atoms with van der Waals surface area (Å²) in [5.41, 5.74) is 0. The van der Waals surface area contributed by atoms with Crippen molar-refractivity contribution in [3.8, 4) is 0 Å². The summed E-state index contributed by atoms with van der Waals surface area (Å²) in [6.07, 6.45) is 2.17. The molecule has 0 spiro atoms. The van der Waals surface area contributed by atoms with Gasteiger partial charge in [-0.3, -0.25) is 4.79 Å². The lowest BCUT2D eigenvalue weighted by Gasteiger charge is -2.36. The van der Waals surface area contributed by atoms with E-state index in [0.717, 1.165) is 25.9 Å². The number of carboxylic acids is 1. The van der Waals surface area contributed by atoms with Crippen LogP contribution in [0.4, 0.5) is 4.79 Å². The molecule has 1 N–H and O–H groups in total. The molecule has 0 bridgehead atoms. The number of hydrogen-bond acceptors (Lipinski definition) is 3. The minimum Gasteiger partial charge on any atom is -0.481 e. The van der Waals surface area contributed by atoms with Crippen molar-refractivity contribution >= 4 is 12.0 Å². The molecule has 2 rings (SSSR count). The summed E-state index contributed by atoms with van der Waals surface area (Å²) in [4.78, 5) is 26.9. The van der Waals surface area contributed by atoms with Crippen molar-refractivity contribution in [3.05, 3.63) is 0 Å². The number of urea groups is 1. The van der Waals surface area contributed by atoms with Crippen molar-refractivity contribution in [3.63, 3.8) is 0 Å². The number of amides is 2. The maximum atomic E-state index is 12.4. The van der Waals surface area contributed by atoms with Crippen molar-refractivity contribution in [2.75, 3.05) is 33.4 Å². The van der Waals surface area contributed by atoms with Crippen LogP contribution in [0.25, 0.3) is 0 Å². The Balaban J connectivity index is 2.00. The van der Waals surface area contributed by atoms with Crippen molar-refractivity contribution < 1.29 is 19.4 Å². The van der Waals surface area contributed by atoms with E-state index in [-0.39, 0.29) is 18.7 Å². The summed E-state index contributed by atoms with van der Waals surface area (Å²) in [6.45, 7) is 4.15. The first-order chi connectivity index (χ1) is 9.00. The number of likely N-dealkylation sites (N-methyl/N-ethyl adjacent to an activating group) is 1. The van der Waals surface area contributed by atoms with Crippen LogP contribution >= 0.6 is 0 Å². The zero-order chi connectivity index (χ0) is 14.0. The Morgan fingerprint density at radius 2 is 2.11 bits per heavy atom. The van der Waals surface area contributed by atoms with Crippen LogP contribution in [-0.2, 0) is 9.53 Å². The van der Waals surface area contributed by atoms with Gasteiger partial charge in [-0.1, -0.05) is 6.92 Å². The van der Waals surface area contributed by atoms with Crippen molar-refractivity contribution in [2.24, 2.45) is 11.8 Å². The number of likely N-dealkylation sites (tertiary alicyclic amines) is 1. The molecule has 2 aliphatic heterocycles. The van der Waals surface area contributed by atoms with E-state index in [4.69, 9.17) is 9.84 Å². The van der Waals surface area contributed by atoms with Crippen molar-refractivity contribution in [2.45, 2.75) is 25.8 Å². The Labute approximate surface area is 113 Å². The maximum Gasteiger partial charge on any atom is 0.320 e. The van der Waals surface area contributed by atoms with Gasteiger partial charge >= 0.3 is 12.0 Å². The summed E-state index contributed by atoms with van der Waals surface area (Å²) in [6, 6.07) is -0.435. The topological polar surface area (TPSA) is 70.1 Å². The number of rotatable bonds is 2. The number of carboxylic acid groups (broad SMARTS) is 1. The van der Waals surface area contributed by atoms with Crippen LogP contribution in [0.5, 0.6) is 0 Å². The number of aliphatic carboxylic acids is 1. The van der Waals surface area contributed by atoms with Gasteiger partial charge in [0, 0.05) is 20.1 Å². The molecule has 6 heteroatoms. The first-order valence-corrected chi connectivity index (χ1v) is 6.83. The third kappa shape index (κ3) is 3.00. The lowest BCUT2D eigenvalue weighted by atomic mass is 10.00. The van der Waals surface area contributed by atoms with E-state index in [9.17, 15) is 9.59 Å². The number of hydrogen-bond donors (Lipinski definition) is 1. The Morgan fingerprint density at radius 3 is 2.74 bits per heavy atom. The molecule has 19 heavy (non-hydrogen) atoms. The lowest BCUT2D eigenvalue weighted by Crippen LogP contribution is -2.52. The normalized spacial score (nSPS) is 31.3.